The van der Waals surface area contributed by atoms with Gasteiger partial charge in [0.05, 0.1) is 5.04 Å². The molecule has 0 bridgehead atoms. The molecule has 8 aromatic carbocycles. The third-order valence-corrected chi connectivity index (χ3v) is 26.6. The van der Waals surface area contributed by atoms with Gasteiger partial charge in [-0.15, -0.1) is 0 Å². The Morgan fingerprint density at radius 2 is 0.818 bits per heavy atom. The fourth-order valence-corrected chi connectivity index (χ4v) is 25.8. The van der Waals surface area contributed by atoms with E-state index in [0.717, 1.165) is 0 Å². The summed E-state index contributed by atoms with van der Waals surface area (Å²) >= 11 is 0. The van der Waals surface area contributed by atoms with Gasteiger partial charge in [0.2, 0.25) is 0 Å². The number of fused-ring (bicyclic) bond motifs is 4. The van der Waals surface area contributed by atoms with Gasteiger partial charge in [0, 0.05) is 5.41 Å². The molecule has 2 atom stereocenters. The number of hydrogen-bond acceptors (Lipinski definition) is 4. The topological polar surface area (TPSA) is 36.9 Å². The standard InChI is InChI=1S/C47H46O4Si4/c1-46(42-30-14-22-34-18-6-10-26-38(34)42,43-31-15-23-35-19-7-11-27-39(35)43)47(44-32-16-24-36-20-8-12-28-40(36)44,45-33-17-25-37-21-9-13-29-41(37)45)55(5)49-52-48-53(2)50-54(3,4)51-55/h6-33,53H,52H2,1-5H3. The lowest BCUT2D eigenvalue weighted by Gasteiger charge is -2.59. The summed E-state index contributed by atoms with van der Waals surface area (Å²) in [6.45, 7) is 11.3. The van der Waals surface area contributed by atoms with Crippen molar-refractivity contribution in [3.05, 3.63) is 192 Å². The van der Waals surface area contributed by atoms with Crippen molar-refractivity contribution in [3.8, 4) is 0 Å². The average molecular weight is 787 g/mol. The molecule has 0 aromatic heterocycles. The van der Waals surface area contributed by atoms with E-state index in [0.29, 0.717) is 0 Å². The molecular formula is C47H46O4Si4. The first-order valence-electron chi connectivity index (χ1n) is 19.2. The Hall–Kier alpha value is -4.49. The summed E-state index contributed by atoms with van der Waals surface area (Å²) in [4.78, 5) is 0. The van der Waals surface area contributed by atoms with E-state index in [9.17, 15) is 0 Å². The van der Waals surface area contributed by atoms with Crippen LogP contribution in [0.3, 0.4) is 0 Å². The molecule has 274 valence electrons. The van der Waals surface area contributed by atoms with Crippen molar-refractivity contribution in [2.45, 2.75) is 43.6 Å². The molecule has 0 radical (unpaired) electrons. The highest BCUT2D eigenvalue weighted by molar-refractivity contribution is 6.86. The molecule has 1 saturated heterocycles. The molecule has 2 unspecified atom stereocenters. The van der Waals surface area contributed by atoms with Gasteiger partial charge in [-0.1, -0.05) is 177 Å². The highest BCUT2D eigenvalue weighted by Gasteiger charge is 2.69. The van der Waals surface area contributed by atoms with E-state index in [1.165, 1.54) is 65.3 Å². The molecule has 9 rings (SSSR count). The highest BCUT2D eigenvalue weighted by atomic mass is 28.5. The van der Waals surface area contributed by atoms with Crippen LogP contribution < -0.4 is 0 Å². The molecule has 0 spiro atoms. The molecule has 1 aliphatic rings. The van der Waals surface area contributed by atoms with Crippen LogP contribution in [0, 0.1) is 0 Å². The van der Waals surface area contributed by atoms with Gasteiger partial charge in [-0.25, -0.2) is 0 Å². The second kappa shape index (κ2) is 13.9. The molecule has 4 nitrogen and oxygen atoms in total. The van der Waals surface area contributed by atoms with E-state index in [2.05, 4.69) is 203 Å². The third kappa shape index (κ3) is 5.74. The zero-order valence-corrected chi connectivity index (χ0v) is 36.7. The van der Waals surface area contributed by atoms with E-state index < -0.39 is 46.9 Å². The minimum Gasteiger partial charge on any atom is -0.423 e. The molecule has 8 aromatic rings. The largest absolute Gasteiger partial charge is 0.423 e. The van der Waals surface area contributed by atoms with Crippen molar-refractivity contribution in [2.24, 2.45) is 0 Å². The van der Waals surface area contributed by atoms with Gasteiger partial charge < -0.3 is 16.5 Å². The maximum Gasteiger partial charge on any atom is 0.333 e. The lowest BCUT2D eigenvalue weighted by molar-refractivity contribution is 0.232. The molecule has 0 aliphatic carbocycles. The molecule has 0 amide bonds. The Morgan fingerprint density at radius 1 is 0.473 bits per heavy atom. The predicted octanol–water partition coefficient (Wildman–Crippen LogP) is 10.8. The second-order valence-electron chi connectivity index (χ2n) is 15.5. The van der Waals surface area contributed by atoms with Crippen LogP contribution in [-0.4, -0.2) is 36.4 Å². The Bertz CT molecular complexity index is 2540. The van der Waals surface area contributed by atoms with Crippen LogP contribution in [0.2, 0.25) is 26.2 Å². The SMILES string of the molecule is C[SiH]1O[SiH2]O[Si](C)(C(c2cccc3ccccc23)(c2cccc3ccccc23)C(C)(c2cccc3ccccc23)c2cccc3ccccc23)O[Si](C)(C)O1. The first-order valence-corrected chi connectivity index (χ1v) is 27.6. The summed E-state index contributed by atoms with van der Waals surface area (Å²) in [7, 11) is -10.0. The van der Waals surface area contributed by atoms with Crippen LogP contribution in [0.15, 0.2) is 170 Å². The maximum absolute atomic E-state index is 7.94. The summed E-state index contributed by atoms with van der Waals surface area (Å²) in [5, 5.41) is 8.56. The van der Waals surface area contributed by atoms with Crippen LogP contribution >= 0.6 is 0 Å². The Morgan fingerprint density at radius 3 is 1.24 bits per heavy atom. The monoisotopic (exact) mass is 786 g/mol. The number of rotatable bonds is 6. The number of hydrogen-bond donors (Lipinski definition) is 0. The van der Waals surface area contributed by atoms with Gasteiger partial charge in [-0.05, 0) is 91.5 Å². The van der Waals surface area contributed by atoms with Crippen molar-refractivity contribution < 1.29 is 16.5 Å². The molecule has 1 heterocycles. The molecule has 0 saturated carbocycles. The Balaban J connectivity index is 1.60. The first-order chi connectivity index (χ1) is 26.7. The van der Waals surface area contributed by atoms with Crippen molar-refractivity contribution in [3.63, 3.8) is 0 Å². The predicted molar refractivity (Wildman–Crippen MR) is 238 cm³/mol. The summed E-state index contributed by atoms with van der Waals surface area (Å²) in [5.74, 6) is 0. The molecule has 8 heteroatoms. The van der Waals surface area contributed by atoms with Crippen LogP contribution in [0.5, 0.6) is 0 Å². The van der Waals surface area contributed by atoms with E-state index in [1.54, 1.807) is 0 Å². The molecular weight excluding hydrogens is 741 g/mol. The maximum atomic E-state index is 7.94. The van der Waals surface area contributed by atoms with Crippen LogP contribution in [0.4, 0.5) is 0 Å². The molecule has 1 aliphatic heterocycles. The summed E-state index contributed by atoms with van der Waals surface area (Å²) in [6, 6.07) is 62.6. The van der Waals surface area contributed by atoms with Crippen LogP contribution in [0.25, 0.3) is 43.1 Å². The Kier molecular flexibility index (Phi) is 9.15. The quantitative estimate of drug-likeness (QED) is 0.157. The van der Waals surface area contributed by atoms with Gasteiger partial charge in [-0.3, -0.25) is 0 Å². The minimum atomic E-state index is -3.66. The van der Waals surface area contributed by atoms with E-state index in [-0.39, 0.29) is 0 Å². The van der Waals surface area contributed by atoms with Gasteiger partial charge >= 0.3 is 17.1 Å². The average Bonchev–Trinajstić information content (AvgIpc) is 3.19. The lowest BCUT2D eigenvalue weighted by Crippen LogP contribution is -2.72. The molecule has 55 heavy (non-hydrogen) atoms. The third-order valence-electron chi connectivity index (χ3n) is 12.0. The minimum absolute atomic E-state index is 0.814. The smallest absolute Gasteiger partial charge is 0.333 e. The normalized spacial score (nSPS) is 19.8. The van der Waals surface area contributed by atoms with Crippen molar-refractivity contribution in [1.29, 1.82) is 0 Å². The van der Waals surface area contributed by atoms with Gasteiger partial charge in [0.15, 0.2) is 0 Å². The lowest BCUT2D eigenvalue weighted by atomic mass is 9.59. The van der Waals surface area contributed by atoms with E-state index in [4.69, 9.17) is 16.5 Å². The van der Waals surface area contributed by atoms with Crippen molar-refractivity contribution >= 4 is 79.5 Å². The van der Waals surface area contributed by atoms with Crippen LogP contribution in [-0.2, 0) is 26.9 Å². The van der Waals surface area contributed by atoms with Gasteiger partial charge in [0.1, 0.15) is 0 Å². The molecule has 1 fully saturated rings. The fraction of sp³-hybridized carbons (Fsp3) is 0.149. The van der Waals surface area contributed by atoms with E-state index in [1.807, 2.05) is 0 Å². The summed E-state index contributed by atoms with van der Waals surface area (Å²) in [6.07, 6.45) is 0. The highest BCUT2D eigenvalue weighted by Crippen LogP contribution is 2.62. The second-order valence-corrected chi connectivity index (χ2v) is 26.6. The van der Waals surface area contributed by atoms with Crippen LogP contribution in [0.1, 0.15) is 29.2 Å². The van der Waals surface area contributed by atoms with Gasteiger partial charge in [-0.2, -0.15) is 0 Å². The molecule has 0 N–H and O–H groups in total. The fourth-order valence-electron chi connectivity index (χ4n) is 9.99. The Labute approximate surface area is 330 Å². The number of benzene rings is 8. The zero-order chi connectivity index (χ0) is 37.8. The first kappa shape index (κ1) is 36.2. The van der Waals surface area contributed by atoms with Crippen molar-refractivity contribution in [2.75, 3.05) is 0 Å². The van der Waals surface area contributed by atoms with E-state index >= 15 is 0 Å². The van der Waals surface area contributed by atoms with Gasteiger partial charge in [0.25, 0.3) is 19.3 Å². The zero-order valence-electron chi connectivity index (χ0n) is 32.1. The summed E-state index contributed by atoms with van der Waals surface area (Å²) < 4.78 is 29.2. The summed E-state index contributed by atoms with van der Waals surface area (Å²) in [5.41, 5.74) is 3.99. The van der Waals surface area contributed by atoms with Crippen molar-refractivity contribution in [1.82, 2.24) is 0 Å².